The molecular formula is C16H12ClNO2. The van der Waals surface area contributed by atoms with Gasteiger partial charge in [-0.05, 0) is 11.6 Å². The summed E-state index contributed by atoms with van der Waals surface area (Å²) in [5.41, 5.74) is 1.55. The molecule has 1 aromatic heterocycles. The highest BCUT2D eigenvalue weighted by atomic mass is 35.5. The Morgan fingerprint density at radius 3 is 2.05 bits per heavy atom. The number of hydrogen-bond donors (Lipinski definition) is 1. The SMILES string of the molecule is O=C(O)c1cc(-c2ccccccccc2)cnc1Cl. The molecule has 2 aromatic rings. The zero-order valence-corrected chi connectivity index (χ0v) is 11.3. The molecule has 0 saturated carbocycles. The van der Waals surface area contributed by atoms with Crippen LogP contribution in [0, 0.1) is 0 Å². The summed E-state index contributed by atoms with van der Waals surface area (Å²) in [5, 5.41) is 9.06. The van der Waals surface area contributed by atoms with E-state index < -0.39 is 5.97 Å². The summed E-state index contributed by atoms with van der Waals surface area (Å²) >= 11 is 5.77. The van der Waals surface area contributed by atoms with Crippen molar-refractivity contribution in [2.75, 3.05) is 0 Å². The quantitative estimate of drug-likeness (QED) is 0.840. The van der Waals surface area contributed by atoms with Crippen LogP contribution in [0.4, 0.5) is 0 Å². The maximum absolute atomic E-state index is 11.1. The van der Waals surface area contributed by atoms with Crippen LogP contribution in [0.2, 0.25) is 5.15 Å². The normalized spacial score (nSPS) is 9.65. The standard InChI is InChI=1S/C16H12ClNO2/c17-15-14(16(19)20)10-13(11-18-15)12-8-6-4-2-1-3-5-7-9-12/h1-11H,(H,19,20). The van der Waals surface area contributed by atoms with E-state index >= 15 is 0 Å². The Labute approximate surface area is 121 Å². The average molecular weight is 286 g/mol. The molecule has 0 spiro atoms. The summed E-state index contributed by atoms with van der Waals surface area (Å²) in [6.45, 7) is 0. The van der Waals surface area contributed by atoms with E-state index in [0.29, 0.717) is 5.56 Å². The minimum Gasteiger partial charge on any atom is -0.478 e. The van der Waals surface area contributed by atoms with Gasteiger partial charge in [0.2, 0.25) is 0 Å². The van der Waals surface area contributed by atoms with Crippen LogP contribution in [0.5, 0.6) is 0 Å². The van der Waals surface area contributed by atoms with Crippen LogP contribution in [0.15, 0.2) is 66.9 Å². The van der Waals surface area contributed by atoms with Crippen LogP contribution in [0.1, 0.15) is 10.4 Å². The number of rotatable bonds is 2. The molecule has 0 saturated heterocycles. The van der Waals surface area contributed by atoms with E-state index in [0.717, 1.165) is 5.56 Å². The zero-order chi connectivity index (χ0) is 14.4. The zero-order valence-electron chi connectivity index (χ0n) is 10.5. The molecule has 0 fully saturated rings. The molecular weight excluding hydrogens is 274 g/mol. The molecule has 0 amide bonds. The predicted octanol–water partition coefficient (Wildman–Crippen LogP) is 4.22. The van der Waals surface area contributed by atoms with Gasteiger partial charge in [0, 0.05) is 11.8 Å². The molecule has 1 N–H and O–H groups in total. The lowest BCUT2D eigenvalue weighted by molar-refractivity contribution is 0.0696. The number of nitrogens with zero attached hydrogens (tertiary/aromatic N) is 1. The number of carbonyl (C=O) groups is 1. The van der Waals surface area contributed by atoms with Crippen molar-refractivity contribution in [1.29, 1.82) is 0 Å². The Balaban J connectivity index is 2.57. The van der Waals surface area contributed by atoms with Crippen molar-refractivity contribution in [3.63, 3.8) is 0 Å². The highest BCUT2D eigenvalue weighted by molar-refractivity contribution is 6.32. The molecule has 0 aliphatic rings. The predicted molar refractivity (Wildman–Crippen MR) is 79.3 cm³/mol. The molecule has 0 radical (unpaired) electrons. The second-order valence-electron chi connectivity index (χ2n) is 4.00. The Morgan fingerprint density at radius 1 is 0.950 bits per heavy atom. The van der Waals surface area contributed by atoms with E-state index in [1.165, 1.54) is 6.07 Å². The molecule has 0 aliphatic heterocycles. The van der Waals surface area contributed by atoms with E-state index in [1.54, 1.807) is 6.20 Å². The average Bonchev–Trinajstić information content (AvgIpc) is 2.45. The third-order valence-electron chi connectivity index (χ3n) is 2.62. The summed E-state index contributed by atoms with van der Waals surface area (Å²) in [6, 6.07) is 18.6. The largest absolute Gasteiger partial charge is 0.478 e. The van der Waals surface area contributed by atoms with Gasteiger partial charge >= 0.3 is 5.97 Å². The lowest BCUT2D eigenvalue weighted by Gasteiger charge is -2.02. The van der Waals surface area contributed by atoms with Crippen molar-refractivity contribution < 1.29 is 9.90 Å². The van der Waals surface area contributed by atoms with Crippen LogP contribution in [-0.2, 0) is 0 Å². The van der Waals surface area contributed by atoms with Gasteiger partial charge in [-0.3, -0.25) is 0 Å². The van der Waals surface area contributed by atoms with Crippen molar-refractivity contribution >= 4 is 17.6 Å². The fourth-order valence-electron chi connectivity index (χ4n) is 1.64. The summed E-state index contributed by atoms with van der Waals surface area (Å²) < 4.78 is 0. The van der Waals surface area contributed by atoms with Crippen LogP contribution < -0.4 is 0 Å². The molecule has 0 unspecified atom stereocenters. The third-order valence-corrected chi connectivity index (χ3v) is 2.92. The van der Waals surface area contributed by atoms with Crippen LogP contribution in [-0.4, -0.2) is 16.1 Å². The summed E-state index contributed by atoms with van der Waals surface area (Å²) in [4.78, 5) is 15.0. The first kappa shape index (κ1) is 14.0. The summed E-state index contributed by atoms with van der Waals surface area (Å²) in [5.74, 6) is -1.09. The maximum atomic E-state index is 11.1. The molecule has 4 heteroatoms. The van der Waals surface area contributed by atoms with Crippen molar-refractivity contribution in [1.82, 2.24) is 4.98 Å². The molecule has 20 heavy (non-hydrogen) atoms. The molecule has 1 aromatic carbocycles. The molecule has 0 bridgehead atoms. The van der Waals surface area contributed by atoms with E-state index in [9.17, 15) is 4.79 Å². The fraction of sp³-hybridized carbons (Fsp3) is 0. The summed E-state index contributed by atoms with van der Waals surface area (Å²) in [7, 11) is 0. The summed E-state index contributed by atoms with van der Waals surface area (Å²) in [6.07, 6.45) is 1.56. The van der Waals surface area contributed by atoms with Gasteiger partial charge in [0.25, 0.3) is 0 Å². The van der Waals surface area contributed by atoms with E-state index in [2.05, 4.69) is 4.98 Å². The molecule has 100 valence electrons. The van der Waals surface area contributed by atoms with Gasteiger partial charge < -0.3 is 5.11 Å². The van der Waals surface area contributed by atoms with Crippen LogP contribution in [0.3, 0.4) is 0 Å². The molecule has 1 heterocycles. The molecule has 0 aliphatic carbocycles. The number of halogens is 1. The first-order valence-corrected chi connectivity index (χ1v) is 6.34. The molecule has 2 rings (SSSR count). The Hall–Kier alpha value is -2.39. The monoisotopic (exact) mass is 285 g/mol. The van der Waals surface area contributed by atoms with Gasteiger partial charge in [0.1, 0.15) is 5.15 Å². The van der Waals surface area contributed by atoms with E-state index in [-0.39, 0.29) is 10.7 Å². The lowest BCUT2D eigenvalue weighted by Crippen LogP contribution is -1.99. The van der Waals surface area contributed by atoms with E-state index in [1.807, 2.05) is 54.6 Å². The van der Waals surface area contributed by atoms with Gasteiger partial charge in [-0.1, -0.05) is 66.2 Å². The fourth-order valence-corrected chi connectivity index (χ4v) is 1.83. The van der Waals surface area contributed by atoms with Crippen LogP contribution in [0.25, 0.3) is 11.1 Å². The van der Waals surface area contributed by atoms with Gasteiger partial charge in [-0.2, -0.15) is 0 Å². The van der Waals surface area contributed by atoms with Crippen molar-refractivity contribution in [3.8, 4) is 11.1 Å². The number of pyridine rings is 1. The van der Waals surface area contributed by atoms with E-state index in [4.69, 9.17) is 16.7 Å². The number of carboxylic acid groups (broad SMARTS) is 1. The minimum absolute atomic E-state index is 0.00465. The number of aromatic nitrogens is 1. The van der Waals surface area contributed by atoms with Gasteiger partial charge in [0.05, 0.1) is 5.56 Å². The topological polar surface area (TPSA) is 50.2 Å². The highest BCUT2D eigenvalue weighted by Gasteiger charge is 2.11. The van der Waals surface area contributed by atoms with Gasteiger partial charge in [-0.15, -0.1) is 0 Å². The second kappa shape index (κ2) is 6.68. The first-order chi connectivity index (χ1) is 9.68. The van der Waals surface area contributed by atoms with Crippen LogP contribution >= 0.6 is 11.6 Å². The molecule has 3 nitrogen and oxygen atoms in total. The Morgan fingerprint density at radius 2 is 1.50 bits per heavy atom. The highest BCUT2D eigenvalue weighted by Crippen LogP contribution is 2.22. The van der Waals surface area contributed by atoms with Gasteiger partial charge in [-0.25, -0.2) is 9.78 Å². The van der Waals surface area contributed by atoms with Crippen molar-refractivity contribution in [2.24, 2.45) is 0 Å². The van der Waals surface area contributed by atoms with Crippen molar-refractivity contribution in [2.45, 2.75) is 0 Å². The minimum atomic E-state index is -1.09. The lowest BCUT2D eigenvalue weighted by atomic mass is 10.1. The molecule has 0 atom stereocenters. The Kier molecular flexibility index (Phi) is 4.69. The smallest absolute Gasteiger partial charge is 0.338 e. The number of hydrogen-bond acceptors (Lipinski definition) is 2. The number of carboxylic acids is 1. The maximum Gasteiger partial charge on any atom is 0.338 e. The second-order valence-corrected chi connectivity index (χ2v) is 4.36. The number of aromatic carboxylic acids is 1. The van der Waals surface area contributed by atoms with Gasteiger partial charge in [0.15, 0.2) is 0 Å². The third kappa shape index (κ3) is 3.56. The van der Waals surface area contributed by atoms with Crippen molar-refractivity contribution in [3.05, 3.63) is 77.6 Å². The first-order valence-electron chi connectivity index (χ1n) is 5.96. The Bertz CT molecular complexity index is 660.